The van der Waals surface area contributed by atoms with Crippen molar-refractivity contribution >= 4 is 47.2 Å². The lowest BCUT2D eigenvalue weighted by Crippen LogP contribution is -2.30. The number of hydrogen-bond acceptors (Lipinski definition) is 4. The van der Waals surface area contributed by atoms with Crippen LogP contribution >= 0.6 is 24.0 Å². The van der Waals surface area contributed by atoms with Crippen molar-refractivity contribution in [1.82, 2.24) is 5.32 Å². The highest BCUT2D eigenvalue weighted by Gasteiger charge is 2.08. The number of nitrogens with one attached hydrogen (secondary N) is 3. The van der Waals surface area contributed by atoms with Gasteiger partial charge in [-0.1, -0.05) is 26.0 Å². The van der Waals surface area contributed by atoms with Crippen LogP contribution in [0.15, 0.2) is 47.5 Å². The Balaban J connectivity index is 0.00000450. The second-order valence-electron chi connectivity index (χ2n) is 6.73. The number of guanidine groups is 1. The Morgan fingerprint density at radius 1 is 0.967 bits per heavy atom. The van der Waals surface area contributed by atoms with Gasteiger partial charge in [-0.15, -0.1) is 24.0 Å². The first kappa shape index (κ1) is 25.5. The van der Waals surface area contributed by atoms with Crippen LogP contribution in [0.1, 0.15) is 26.3 Å². The summed E-state index contributed by atoms with van der Waals surface area (Å²) < 4.78 is 10.6. The monoisotopic (exact) mass is 526 g/mol. The van der Waals surface area contributed by atoms with E-state index in [0.717, 1.165) is 23.5 Å². The van der Waals surface area contributed by atoms with Crippen molar-refractivity contribution in [1.29, 1.82) is 0 Å². The summed E-state index contributed by atoms with van der Waals surface area (Å²) in [5.41, 5.74) is 2.66. The Bertz CT molecular complexity index is 839. The Kier molecular flexibility index (Phi) is 11.0. The van der Waals surface area contributed by atoms with Gasteiger partial charge in [0.1, 0.15) is 0 Å². The largest absolute Gasteiger partial charge is 0.493 e. The molecule has 0 heterocycles. The summed E-state index contributed by atoms with van der Waals surface area (Å²) in [6.07, 6.45) is 0. The lowest BCUT2D eigenvalue weighted by molar-refractivity contribution is -0.118. The highest BCUT2D eigenvalue weighted by Crippen LogP contribution is 2.29. The lowest BCUT2D eigenvalue weighted by atomic mass is 10.2. The third-order valence-electron chi connectivity index (χ3n) is 4.16. The second-order valence-corrected chi connectivity index (χ2v) is 6.73. The molecule has 0 aliphatic carbocycles. The number of anilines is 2. The average molecular weight is 526 g/mol. The maximum absolute atomic E-state index is 11.8. The Morgan fingerprint density at radius 2 is 1.60 bits per heavy atom. The van der Waals surface area contributed by atoms with Crippen molar-refractivity contribution in [3.05, 3.63) is 48.0 Å². The number of ether oxygens (including phenoxy) is 2. The topological polar surface area (TPSA) is 84.0 Å². The van der Waals surface area contributed by atoms with Crippen molar-refractivity contribution in [2.24, 2.45) is 10.9 Å². The zero-order valence-electron chi connectivity index (χ0n) is 18.1. The van der Waals surface area contributed by atoms with Crippen LogP contribution in [0.4, 0.5) is 11.4 Å². The number of halogens is 1. The first-order chi connectivity index (χ1) is 14.0. The number of methoxy groups -OCH3 is 2. The van der Waals surface area contributed by atoms with Crippen LogP contribution in [0.2, 0.25) is 0 Å². The molecule has 30 heavy (non-hydrogen) atoms. The van der Waals surface area contributed by atoms with Crippen LogP contribution < -0.4 is 25.4 Å². The summed E-state index contributed by atoms with van der Waals surface area (Å²) in [6.45, 7) is 6.98. The van der Waals surface area contributed by atoms with Gasteiger partial charge < -0.3 is 25.4 Å². The Hall–Kier alpha value is -2.49. The smallest absolute Gasteiger partial charge is 0.226 e. The molecule has 0 aliphatic rings. The molecule has 0 radical (unpaired) electrons. The van der Waals surface area contributed by atoms with E-state index < -0.39 is 0 Å². The number of aliphatic imine (C=N–C) groups is 1. The SMILES string of the molecule is CCNC(=NCc1ccc(NC(=O)C(C)C)cc1)Nc1ccc(OC)c(OC)c1.I. The molecule has 1 amide bonds. The summed E-state index contributed by atoms with van der Waals surface area (Å²) >= 11 is 0. The predicted molar refractivity (Wildman–Crippen MR) is 133 cm³/mol. The molecule has 0 aromatic heterocycles. The van der Waals surface area contributed by atoms with Gasteiger partial charge in [-0.2, -0.15) is 0 Å². The molecular weight excluding hydrogens is 495 g/mol. The molecule has 0 unspecified atom stereocenters. The van der Waals surface area contributed by atoms with Gasteiger partial charge in [0.2, 0.25) is 5.91 Å². The zero-order valence-corrected chi connectivity index (χ0v) is 20.4. The molecular formula is C22H31IN4O3. The number of carbonyl (C=O) groups is 1. The molecule has 8 heteroatoms. The lowest BCUT2D eigenvalue weighted by Gasteiger charge is -2.14. The van der Waals surface area contributed by atoms with Crippen LogP contribution in [-0.4, -0.2) is 32.6 Å². The van der Waals surface area contributed by atoms with Gasteiger partial charge in [-0.05, 0) is 36.8 Å². The van der Waals surface area contributed by atoms with Crippen molar-refractivity contribution in [2.75, 3.05) is 31.4 Å². The summed E-state index contributed by atoms with van der Waals surface area (Å²) in [5.74, 6) is 1.93. The minimum absolute atomic E-state index is 0. The van der Waals surface area contributed by atoms with Gasteiger partial charge in [-0.25, -0.2) is 4.99 Å². The molecule has 0 spiro atoms. The van der Waals surface area contributed by atoms with Crippen molar-refractivity contribution in [3.63, 3.8) is 0 Å². The summed E-state index contributed by atoms with van der Waals surface area (Å²) in [5, 5.41) is 9.38. The maximum Gasteiger partial charge on any atom is 0.226 e. The van der Waals surface area contributed by atoms with E-state index in [1.54, 1.807) is 14.2 Å². The van der Waals surface area contributed by atoms with Crippen LogP contribution in [0.3, 0.4) is 0 Å². The molecule has 2 aromatic carbocycles. The first-order valence-corrected chi connectivity index (χ1v) is 9.64. The van der Waals surface area contributed by atoms with E-state index in [0.29, 0.717) is 24.0 Å². The van der Waals surface area contributed by atoms with Crippen LogP contribution in [0.25, 0.3) is 0 Å². The molecule has 0 aliphatic heterocycles. The molecule has 7 nitrogen and oxygen atoms in total. The fourth-order valence-electron chi connectivity index (χ4n) is 2.51. The van der Waals surface area contributed by atoms with Gasteiger partial charge in [-0.3, -0.25) is 4.79 Å². The van der Waals surface area contributed by atoms with E-state index in [4.69, 9.17) is 9.47 Å². The molecule has 2 aromatic rings. The number of rotatable bonds is 8. The number of benzene rings is 2. The van der Waals surface area contributed by atoms with E-state index in [1.165, 1.54) is 0 Å². The van der Waals surface area contributed by atoms with E-state index >= 15 is 0 Å². The van der Waals surface area contributed by atoms with Gasteiger partial charge >= 0.3 is 0 Å². The Morgan fingerprint density at radius 3 is 2.17 bits per heavy atom. The Labute approximate surface area is 195 Å². The molecule has 164 valence electrons. The van der Waals surface area contributed by atoms with Crippen LogP contribution in [-0.2, 0) is 11.3 Å². The zero-order chi connectivity index (χ0) is 21.2. The van der Waals surface area contributed by atoms with Crippen LogP contribution in [0.5, 0.6) is 11.5 Å². The average Bonchev–Trinajstić information content (AvgIpc) is 2.73. The summed E-state index contributed by atoms with van der Waals surface area (Å²) in [4.78, 5) is 16.4. The highest BCUT2D eigenvalue weighted by atomic mass is 127. The normalized spacial score (nSPS) is 10.8. The molecule has 0 atom stereocenters. The van der Waals surface area contributed by atoms with Gasteiger partial charge in [0, 0.05) is 29.9 Å². The summed E-state index contributed by atoms with van der Waals surface area (Å²) in [7, 11) is 3.21. The molecule has 0 saturated heterocycles. The fourth-order valence-corrected chi connectivity index (χ4v) is 2.51. The van der Waals surface area contributed by atoms with Crippen LogP contribution in [0, 0.1) is 5.92 Å². The van der Waals surface area contributed by atoms with Gasteiger partial charge in [0.25, 0.3) is 0 Å². The quantitative estimate of drug-likeness (QED) is 0.268. The van der Waals surface area contributed by atoms with Crippen molar-refractivity contribution in [3.8, 4) is 11.5 Å². The maximum atomic E-state index is 11.8. The number of carbonyl (C=O) groups excluding carboxylic acids is 1. The van der Waals surface area contributed by atoms with Crippen molar-refractivity contribution in [2.45, 2.75) is 27.3 Å². The third kappa shape index (κ3) is 7.74. The number of nitrogens with zero attached hydrogens (tertiary/aromatic N) is 1. The minimum atomic E-state index is -0.0513. The first-order valence-electron chi connectivity index (χ1n) is 9.64. The van der Waals surface area contributed by atoms with E-state index in [-0.39, 0.29) is 35.8 Å². The predicted octanol–water partition coefficient (Wildman–Crippen LogP) is 4.49. The molecule has 0 fully saturated rings. The number of hydrogen-bond donors (Lipinski definition) is 3. The standard InChI is InChI=1S/C22H30N4O3.HI/c1-6-23-22(26-18-11-12-19(28-4)20(13-18)29-5)24-14-16-7-9-17(10-8-16)25-21(27)15(2)3;/h7-13,15H,6,14H2,1-5H3,(H,25,27)(H2,23,24,26);1H. The second kappa shape index (κ2) is 12.9. The molecule has 0 bridgehead atoms. The van der Waals surface area contributed by atoms with E-state index in [9.17, 15) is 4.79 Å². The molecule has 3 N–H and O–H groups in total. The third-order valence-corrected chi connectivity index (χ3v) is 4.16. The summed E-state index contributed by atoms with van der Waals surface area (Å²) in [6, 6.07) is 13.3. The highest BCUT2D eigenvalue weighted by molar-refractivity contribution is 14.0. The van der Waals surface area contributed by atoms with Gasteiger partial charge in [0.15, 0.2) is 17.5 Å². The van der Waals surface area contributed by atoms with Crippen molar-refractivity contribution < 1.29 is 14.3 Å². The minimum Gasteiger partial charge on any atom is -0.493 e. The van der Waals surface area contributed by atoms with E-state index in [2.05, 4.69) is 20.9 Å². The molecule has 0 saturated carbocycles. The fraction of sp³-hybridized carbons (Fsp3) is 0.364. The molecule has 2 rings (SSSR count). The van der Waals surface area contributed by atoms with Gasteiger partial charge in [0.05, 0.1) is 20.8 Å². The number of amides is 1. The van der Waals surface area contributed by atoms with E-state index in [1.807, 2.05) is 63.2 Å².